The van der Waals surface area contributed by atoms with E-state index in [2.05, 4.69) is 28.8 Å². The minimum atomic E-state index is -0.373. The zero-order valence-electron chi connectivity index (χ0n) is 15.6. The van der Waals surface area contributed by atoms with E-state index in [0.29, 0.717) is 5.17 Å². The highest BCUT2D eigenvalue weighted by Crippen LogP contribution is 2.31. The lowest BCUT2D eigenvalue weighted by atomic mass is 10.00. The molecule has 3 heterocycles. The number of aliphatic imine (C=N–C) groups is 1. The van der Waals surface area contributed by atoms with Crippen molar-refractivity contribution in [1.29, 1.82) is 5.41 Å². The molecule has 0 bridgehead atoms. The van der Waals surface area contributed by atoms with Crippen LogP contribution in [0, 0.1) is 11.3 Å². The van der Waals surface area contributed by atoms with Gasteiger partial charge in [0, 0.05) is 13.1 Å². The number of carbonyl (C=O) groups excluding carboxylic acids is 1. The van der Waals surface area contributed by atoms with Gasteiger partial charge in [-0.25, -0.2) is 0 Å². The van der Waals surface area contributed by atoms with Gasteiger partial charge in [0.2, 0.25) is 5.17 Å². The Morgan fingerprint density at radius 3 is 2.59 bits per heavy atom. The van der Waals surface area contributed by atoms with Gasteiger partial charge in [0.15, 0.2) is 11.0 Å². The summed E-state index contributed by atoms with van der Waals surface area (Å²) < 4.78 is 0. The number of hydrazone groups is 1. The fourth-order valence-electron chi connectivity index (χ4n) is 3.33. The zero-order valence-corrected chi connectivity index (χ0v) is 16.4. The molecule has 1 fully saturated rings. The molecule has 1 N–H and O–H groups in total. The van der Waals surface area contributed by atoms with Crippen LogP contribution in [0.15, 0.2) is 39.9 Å². The van der Waals surface area contributed by atoms with Gasteiger partial charge in [-0.3, -0.25) is 10.2 Å². The van der Waals surface area contributed by atoms with Gasteiger partial charge < -0.3 is 4.90 Å². The van der Waals surface area contributed by atoms with Crippen LogP contribution in [0.4, 0.5) is 0 Å². The second-order valence-corrected chi connectivity index (χ2v) is 8.10. The summed E-state index contributed by atoms with van der Waals surface area (Å²) in [5, 5.41) is 15.9. The lowest BCUT2D eigenvalue weighted by Gasteiger charge is -2.30. The van der Waals surface area contributed by atoms with Gasteiger partial charge in [-0.15, -0.1) is 5.10 Å². The molecule has 1 aromatic carbocycles. The second kappa shape index (κ2) is 7.31. The third kappa shape index (κ3) is 3.56. The fourth-order valence-corrected chi connectivity index (χ4v) is 4.27. The number of rotatable bonds is 2. The Labute approximate surface area is 163 Å². The van der Waals surface area contributed by atoms with Crippen molar-refractivity contribution < 1.29 is 4.79 Å². The number of aryl methyl sites for hydroxylation is 1. The van der Waals surface area contributed by atoms with E-state index in [-0.39, 0.29) is 17.3 Å². The molecule has 4 rings (SSSR count). The van der Waals surface area contributed by atoms with Crippen LogP contribution in [0.2, 0.25) is 0 Å². The second-order valence-electron chi connectivity index (χ2n) is 7.17. The molecule has 1 aromatic rings. The van der Waals surface area contributed by atoms with E-state index in [0.717, 1.165) is 49.0 Å². The Kier molecular flexibility index (Phi) is 4.86. The smallest absolute Gasteiger partial charge is 0.283 e. The van der Waals surface area contributed by atoms with Crippen LogP contribution in [0.5, 0.6) is 0 Å². The number of nitrogens with zero attached hydrogens (tertiary/aromatic N) is 4. The molecular formula is C20H23N5OS. The molecule has 3 aliphatic rings. The van der Waals surface area contributed by atoms with Crippen molar-refractivity contribution >= 4 is 39.9 Å². The lowest BCUT2D eigenvalue weighted by molar-refractivity contribution is -0.114. The van der Waals surface area contributed by atoms with Gasteiger partial charge in [0.05, 0.1) is 5.57 Å². The average molecular weight is 382 g/mol. The normalized spacial score (nSPS) is 22.2. The lowest BCUT2D eigenvalue weighted by Crippen LogP contribution is -2.36. The molecule has 0 unspecified atom stereocenters. The molecule has 3 aliphatic heterocycles. The molecule has 0 aliphatic carbocycles. The number of piperidine rings is 1. The Morgan fingerprint density at radius 2 is 1.93 bits per heavy atom. The monoisotopic (exact) mass is 381 g/mol. The molecule has 7 heteroatoms. The van der Waals surface area contributed by atoms with E-state index >= 15 is 0 Å². The van der Waals surface area contributed by atoms with Gasteiger partial charge in [-0.1, -0.05) is 38.1 Å². The predicted molar refractivity (Wildman–Crippen MR) is 111 cm³/mol. The maximum Gasteiger partial charge on any atom is 0.283 e. The van der Waals surface area contributed by atoms with Crippen LogP contribution in [0.25, 0.3) is 6.08 Å². The third-order valence-electron chi connectivity index (χ3n) is 5.20. The van der Waals surface area contributed by atoms with Crippen LogP contribution >= 0.6 is 11.8 Å². The summed E-state index contributed by atoms with van der Waals surface area (Å²) in [6.07, 6.45) is 4.98. The summed E-state index contributed by atoms with van der Waals surface area (Å²) in [5.41, 5.74) is 2.41. The maximum atomic E-state index is 12.5. The van der Waals surface area contributed by atoms with Crippen LogP contribution in [0.3, 0.4) is 0 Å². The SMILES string of the molecule is CCc1ccc(/C=C2\C(=N)N3N=C(N4CCC(C)CC4)SC3=NC2=O)cc1. The number of benzene rings is 1. The number of fused-ring (bicyclic) bond motifs is 1. The topological polar surface area (TPSA) is 72.1 Å². The zero-order chi connectivity index (χ0) is 19.0. The first kappa shape index (κ1) is 18.0. The third-order valence-corrected chi connectivity index (χ3v) is 6.17. The van der Waals surface area contributed by atoms with E-state index in [1.165, 1.54) is 22.3 Å². The average Bonchev–Trinajstić information content (AvgIpc) is 3.10. The molecular weight excluding hydrogens is 358 g/mol. The van der Waals surface area contributed by atoms with Crippen LogP contribution in [-0.2, 0) is 11.2 Å². The number of hydrogen-bond acceptors (Lipinski definition) is 5. The molecule has 0 atom stereocenters. The number of amides is 1. The van der Waals surface area contributed by atoms with Gasteiger partial charge in [0.25, 0.3) is 5.91 Å². The number of nitrogens with one attached hydrogen (secondary N) is 1. The Morgan fingerprint density at radius 1 is 1.22 bits per heavy atom. The Hall–Kier alpha value is -2.41. The van der Waals surface area contributed by atoms with Gasteiger partial charge in [0.1, 0.15) is 0 Å². The highest BCUT2D eigenvalue weighted by molar-refractivity contribution is 8.26. The molecule has 1 amide bonds. The van der Waals surface area contributed by atoms with Crippen LogP contribution < -0.4 is 0 Å². The van der Waals surface area contributed by atoms with Crippen molar-refractivity contribution in [3.63, 3.8) is 0 Å². The summed E-state index contributed by atoms with van der Waals surface area (Å²) >= 11 is 1.39. The molecule has 0 spiro atoms. The highest BCUT2D eigenvalue weighted by atomic mass is 32.2. The number of carbonyl (C=O) groups is 1. The van der Waals surface area contributed by atoms with E-state index in [9.17, 15) is 4.79 Å². The van der Waals surface area contributed by atoms with Gasteiger partial charge in [-0.05, 0) is 54.1 Å². The molecule has 0 aromatic heterocycles. The minimum Gasteiger partial charge on any atom is -0.349 e. The predicted octanol–water partition coefficient (Wildman–Crippen LogP) is 3.56. The summed E-state index contributed by atoms with van der Waals surface area (Å²) in [7, 11) is 0. The number of hydrogen-bond donors (Lipinski definition) is 1. The van der Waals surface area contributed by atoms with E-state index in [1.54, 1.807) is 6.08 Å². The first-order valence-electron chi connectivity index (χ1n) is 9.39. The summed E-state index contributed by atoms with van der Waals surface area (Å²) in [4.78, 5) is 18.9. The first-order chi connectivity index (χ1) is 13.0. The number of amidine groups is 3. The largest absolute Gasteiger partial charge is 0.349 e. The molecule has 0 radical (unpaired) electrons. The van der Waals surface area contributed by atoms with Crippen LogP contribution in [-0.4, -0.2) is 45.1 Å². The van der Waals surface area contributed by atoms with Gasteiger partial charge >= 0.3 is 0 Å². The van der Waals surface area contributed by atoms with Crippen molar-refractivity contribution in [2.75, 3.05) is 13.1 Å². The van der Waals surface area contributed by atoms with Crippen LogP contribution in [0.1, 0.15) is 37.8 Å². The fraction of sp³-hybridized carbons (Fsp3) is 0.400. The van der Waals surface area contributed by atoms with Crippen molar-refractivity contribution in [3.8, 4) is 0 Å². The summed E-state index contributed by atoms with van der Waals surface area (Å²) in [6, 6.07) is 8.01. The maximum absolute atomic E-state index is 12.5. The summed E-state index contributed by atoms with van der Waals surface area (Å²) in [5.74, 6) is 0.459. The number of thioether (sulfide) groups is 1. The molecule has 6 nitrogen and oxygen atoms in total. The first-order valence-corrected chi connectivity index (χ1v) is 10.2. The molecule has 27 heavy (non-hydrogen) atoms. The Balaban J connectivity index is 1.57. The van der Waals surface area contributed by atoms with Crippen molar-refractivity contribution in [1.82, 2.24) is 9.91 Å². The molecule has 140 valence electrons. The van der Waals surface area contributed by atoms with E-state index in [4.69, 9.17) is 5.41 Å². The summed E-state index contributed by atoms with van der Waals surface area (Å²) in [6.45, 7) is 6.30. The highest BCUT2D eigenvalue weighted by Gasteiger charge is 2.37. The van der Waals surface area contributed by atoms with E-state index in [1.807, 2.05) is 24.3 Å². The molecule has 1 saturated heterocycles. The van der Waals surface area contributed by atoms with Crippen molar-refractivity contribution in [2.24, 2.45) is 16.0 Å². The Bertz CT molecular complexity index is 863. The molecule has 0 saturated carbocycles. The minimum absolute atomic E-state index is 0.0949. The van der Waals surface area contributed by atoms with Crippen molar-refractivity contribution in [2.45, 2.75) is 33.1 Å². The van der Waals surface area contributed by atoms with E-state index < -0.39 is 0 Å². The van der Waals surface area contributed by atoms with Gasteiger partial charge in [-0.2, -0.15) is 10.0 Å². The number of likely N-dealkylation sites (tertiary alicyclic amines) is 1. The standard InChI is InChI=1S/C20H23N5OS/c1-3-14-4-6-15(7-5-14)12-16-17(21)25-19(22-18(16)26)27-20(23-25)24-10-8-13(2)9-11-24/h4-7,12-13,21H,3,8-11H2,1-2H3/b16-12+,21-17?. The van der Waals surface area contributed by atoms with Crippen molar-refractivity contribution in [3.05, 3.63) is 41.0 Å². The quantitative estimate of drug-likeness (QED) is 0.795.